The smallest absolute Gasteiger partial charge is 0.327 e. The van der Waals surface area contributed by atoms with Crippen LogP contribution in [0.5, 0.6) is 0 Å². The van der Waals surface area contributed by atoms with E-state index < -0.39 is 17.8 Å². The molecular formula is C24H28ClFN4O4S. The van der Waals surface area contributed by atoms with E-state index in [4.69, 9.17) is 4.74 Å². The number of benzene rings is 1. The summed E-state index contributed by atoms with van der Waals surface area (Å²) in [4.78, 5) is 39.0. The summed E-state index contributed by atoms with van der Waals surface area (Å²) in [7, 11) is 1.30. The maximum atomic E-state index is 14.8. The van der Waals surface area contributed by atoms with E-state index in [0.717, 1.165) is 18.4 Å². The van der Waals surface area contributed by atoms with Crippen molar-refractivity contribution >= 4 is 47.1 Å². The molecule has 2 aliphatic rings. The van der Waals surface area contributed by atoms with Crippen molar-refractivity contribution in [1.82, 2.24) is 19.9 Å². The third-order valence-electron chi connectivity index (χ3n) is 6.09. The second-order valence-electron chi connectivity index (χ2n) is 8.57. The van der Waals surface area contributed by atoms with E-state index in [2.05, 4.69) is 10.3 Å². The number of ether oxygens (including phenoxy) is 1. The number of piperidine rings is 1. The molecule has 8 nitrogen and oxygen atoms in total. The number of hydrogen-bond donors (Lipinski definition) is 0. The fourth-order valence-corrected chi connectivity index (χ4v) is 5.19. The summed E-state index contributed by atoms with van der Waals surface area (Å²) >= 11 is 1.23. The second-order valence-corrected chi connectivity index (χ2v) is 9.95. The van der Waals surface area contributed by atoms with E-state index in [1.807, 2.05) is 11.0 Å². The molecular weight excluding hydrogens is 495 g/mol. The lowest BCUT2D eigenvalue weighted by Gasteiger charge is -2.38. The van der Waals surface area contributed by atoms with Crippen molar-refractivity contribution in [2.75, 3.05) is 20.2 Å². The van der Waals surface area contributed by atoms with Crippen LogP contribution in [0.1, 0.15) is 43.5 Å². The number of likely N-dealkylation sites (tertiary alicyclic amines) is 1. The van der Waals surface area contributed by atoms with Gasteiger partial charge in [-0.25, -0.2) is 9.07 Å². The highest BCUT2D eigenvalue weighted by Crippen LogP contribution is 2.40. The molecule has 35 heavy (non-hydrogen) atoms. The van der Waals surface area contributed by atoms with E-state index in [1.165, 1.54) is 42.7 Å². The average Bonchev–Trinajstić information content (AvgIpc) is 3.58. The van der Waals surface area contributed by atoms with Gasteiger partial charge in [0.1, 0.15) is 12.4 Å². The number of methoxy groups -OCH3 is 1. The number of Topliss-reactive ketones (excluding diaryl/α,β-unsaturated/α-hetero) is 1. The highest BCUT2D eigenvalue weighted by atomic mass is 35.5. The van der Waals surface area contributed by atoms with Crippen molar-refractivity contribution < 1.29 is 23.5 Å². The number of hydrogen-bond acceptors (Lipinski definition) is 8. The summed E-state index contributed by atoms with van der Waals surface area (Å²) in [5.74, 6) is -0.848. The Kier molecular flexibility index (Phi) is 9.21. The number of rotatable bonds is 8. The molecule has 0 radical (unpaired) electrons. The van der Waals surface area contributed by atoms with Crippen LogP contribution in [-0.2, 0) is 25.7 Å². The van der Waals surface area contributed by atoms with Crippen LogP contribution in [0.25, 0.3) is 6.08 Å². The number of halogens is 2. The van der Waals surface area contributed by atoms with Crippen LogP contribution in [0, 0.1) is 11.7 Å². The highest BCUT2D eigenvalue weighted by molar-refractivity contribution is 8.14. The molecule has 11 heteroatoms. The fraction of sp³-hybridized carbons (Fsp3) is 0.458. The van der Waals surface area contributed by atoms with Crippen LogP contribution in [0.4, 0.5) is 4.39 Å². The molecule has 1 aromatic carbocycles. The molecule has 1 aliphatic carbocycles. The molecule has 2 aromatic rings. The quantitative estimate of drug-likeness (QED) is 0.486. The van der Waals surface area contributed by atoms with Crippen LogP contribution in [0.15, 0.2) is 36.0 Å². The highest BCUT2D eigenvalue weighted by Gasteiger charge is 2.41. The lowest BCUT2D eigenvalue weighted by atomic mass is 9.93. The van der Waals surface area contributed by atoms with Gasteiger partial charge in [-0.05, 0) is 37.0 Å². The standard InChI is InChI=1S/C24H27FN4O4S.ClH/c1-15(30)34-21-9-10-28(13-17(21)11-18-12-26-27-29(18)14-22(31)33-2)23(24(32)16-7-8-16)19-5-3-4-6-20(19)25;/h3-6,11-12,16,21,23H,7-10,13-14H2,1-2H3;1H/b17-11+;. The number of aromatic nitrogens is 3. The number of carbonyl (C=O) groups excluding carboxylic acids is 3. The summed E-state index contributed by atoms with van der Waals surface area (Å²) < 4.78 is 20.9. The van der Waals surface area contributed by atoms with Gasteiger partial charge in [-0.1, -0.05) is 35.2 Å². The Balaban J connectivity index is 0.00000342. The molecule has 2 heterocycles. The van der Waals surface area contributed by atoms with E-state index >= 15 is 0 Å². The minimum absolute atomic E-state index is 0. The average molecular weight is 523 g/mol. The van der Waals surface area contributed by atoms with Gasteiger partial charge >= 0.3 is 5.97 Å². The topological polar surface area (TPSA) is 94.4 Å². The summed E-state index contributed by atoms with van der Waals surface area (Å²) in [5, 5.41) is 7.75. The largest absolute Gasteiger partial charge is 0.468 e. The molecule has 1 saturated carbocycles. The van der Waals surface area contributed by atoms with Crippen molar-refractivity contribution in [1.29, 1.82) is 0 Å². The minimum atomic E-state index is -0.682. The number of thioether (sulfide) groups is 1. The first-order valence-corrected chi connectivity index (χ1v) is 12.1. The summed E-state index contributed by atoms with van der Waals surface area (Å²) in [6.45, 7) is 2.36. The number of carbonyl (C=O) groups is 3. The number of nitrogens with zero attached hydrogens (tertiary/aromatic N) is 4. The lowest BCUT2D eigenvalue weighted by Crippen LogP contribution is -2.43. The first-order chi connectivity index (χ1) is 16.4. The first-order valence-electron chi connectivity index (χ1n) is 11.2. The van der Waals surface area contributed by atoms with Crippen LogP contribution >= 0.6 is 24.2 Å². The molecule has 4 rings (SSSR count). The van der Waals surface area contributed by atoms with E-state index in [-0.39, 0.29) is 41.0 Å². The van der Waals surface area contributed by atoms with E-state index in [0.29, 0.717) is 30.8 Å². The lowest BCUT2D eigenvalue weighted by molar-refractivity contribution is -0.141. The molecule has 1 aliphatic heterocycles. The Labute approximate surface area is 213 Å². The Morgan fingerprint density at radius 3 is 2.66 bits per heavy atom. The first kappa shape index (κ1) is 27.0. The zero-order chi connectivity index (χ0) is 24.2. The summed E-state index contributed by atoms with van der Waals surface area (Å²) in [6.07, 6.45) is 5.68. The van der Waals surface area contributed by atoms with Crippen molar-refractivity contribution in [3.8, 4) is 0 Å². The predicted molar refractivity (Wildman–Crippen MR) is 132 cm³/mol. The Morgan fingerprint density at radius 2 is 2.00 bits per heavy atom. The third-order valence-corrected chi connectivity index (χ3v) is 7.24. The third kappa shape index (κ3) is 6.56. The Hall–Kier alpha value is -2.56. The van der Waals surface area contributed by atoms with Gasteiger partial charge in [0.15, 0.2) is 10.9 Å². The van der Waals surface area contributed by atoms with Gasteiger partial charge in [0, 0.05) is 36.7 Å². The molecule has 0 bridgehead atoms. The molecule has 0 amide bonds. The van der Waals surface area contributed by atoms with Crippen LogP contribution in [0.2, 0.25) is 0 Å². The fourth-order valence-electron chi connectivity index (χ4n) is 4.27. The van der Waals surface area contributed by atoms with Crippen molar-refractivity contribution in [2.45, 2.75) is 44.0 Å². The van der Waals surface area contributed by atoms with Gasteiger partial charge in [0.2, 0.25) is 0 Å². The van der Waals surface area contributed by atoms with Gasteiger partial charge in [0.25, 0.3) is 0 Å². The molecule has 0 N–H and O–H groups in total. The van der Waals surface area contributed by atoms with Crippen molar-refractivity contribution in [3.05, 3.63) is 53.1 Å². The maximum absolute atomic E-state index is 14.8. The second kappa shape index (κ2) is 11.9. The zero-order valence-electron chi connectivity index (χ0n) is 19.6. The summed E-state index contributed by atoms with van der Waals surface area (Å²) in [6, 6.07) is 5.74. The molecule has 1 aromatic heterocycles. The van der Waals surface area contributed by atoms with E-state index in [1.54, 1.807) is 18.2 Å². The SMILES string of the molecule is COC(=O)Cn1nncc1/C=C1\CN(C(C(=O)C2CC2)c2ccccc2F)CCC1SC(C)=O.Cl. The predicted octanol–water partition coefficient (Wildman–Crippen LogP) is 3.47. The van der Waals surface area contributed by atoms with Gasteiger partial charge in [-0.2, -0.15) is 0 Å². The Morgan fingerprint density at radius 1 is 1.26 bits per heavy atom. The molecule has 188 valence electrons. The number of esters is 1. The number of ketones is 1. The normalized spacial score (nSPS) is 20.2. The van der Waals surface area contributed by atoms with Gasteiger partial charge in [-0.3, -0.25) is 19.3 Å². The van der Waals surface area contributed by atoms with Crippen molar-refractivity contribution in [3.63, 3.8) is 0 Å². The monoisotopic (exact) mass is 522 g/mol. The summed E-state index contributed by atoms with van der Waals surface area (Å²) in [5.41, 5.74) is 1.87. The van der Waals surface area contributed by atoms with Gasteiger partial charge < -0.3 is 4.74 Å². The zero-order valence-corrected chi connectivity index (χ0v) is 21.2. The molecule has 2 atom stereocenters. The molecule has 2 fully saturated rings. The molecule has 0 spiro atoms. The Bertz CT molecular complexity index is 1120. The minimum Gasteiger partial charge on any atom is -0.468 e. The van der Waals surface area contributed by atoms with Crippen LogP contribution in [-0.4, -0.2) is 62.2 Å². The molecule has 1 saturated heterocycles. The van der Waals surface area contributed by atoms with Gasteiger partial charge in [-0.15, -0.1) is 17.5 Å². The maximum Gasteiger partial charge on any atom is 0.327 e. The van der Waals surface area contributed by atoms with E-state index in [9.17, 15) is 18.8 Å². The van der Waals surface area contributed by atoms with Crippen molar-refractivity contribution in [2.24, 2.45) is 5.92 Å². The van der Waals surface area contributed by atoms with Gasteiger partial charge in [0.05, 0.1) is 25.0 Å². The van der Waals surface area contributed by atoms with Crippen LogP contribution < -0.4 is 0 Å². The molecule has 2 unspecified atom stereocenters. The van der Waals surface area contributed by atoms with Crippen LogP contribution in [0.3, 0.4) is 0 Å².